The fraction of sp³-hybridized carbons (Fsp3) is 0.308. The second kappa shape index (κ2) is 5.10. The maximum Gasteiger partial charge on any atom is 0.268 e. The maximum absolute atomic E-state index is 12.0. The van der Waals surface area contributed by atoms with Crippen LogP contribution in [0.25, 0.3) is 10.9 Å². The number of carbonyl (C=O) groups is 1. The lowest BCUT2D eigenvalue weighted by Crippen LogP contribution is -2.37. The SMILES string of the molecule is CCC(CO)NC(=O)c1cc2cccc(N)c2[nH]1. The van der Waals surface area contributed by atoms with Gasteiger partial charge in [-0.05, 0) is 18.6 Å². The van der Waals surface area contributed by atoms with E-state index in [9.17, 15) is 4.79 Å². The molecule has 5 N–H and O–H groups in total. The Morgan fingerprint density at radius 1 is 1.56 bits per heavy atom. The highest BCUT2D eigenvalue weighted by Crippen LogP contribution is 2.21. The van der Waals surface area contributed by atoms with Crippen molar-refractivity contribution < 1.29 is 9.90 Å². The Morgan fingerprint density at radius 2 is 2.33 bits per heavy atom. The minimum Gasteiger partial charge on any atom is -0.397 e. The fourth-order valence-electron chi connectivity index (χ4n) is 1.84. The Kier molecular flexibility index (Phi) is 3.53. The van der Waals surface area contributed by atoms with Crippen molar-refractivity contribution in [2.75, 3.05) is 12.3 Å². The summed E-state index contributed by atoms with van der Waals surface area (Å²) in [6.07, 6.45) is 0.685. The second-order valence-electron chi connectivity index (χ2n) is 4.26. The van der Waals surface area contributed by atoms with Crippen molar-refractivity contribution in [2.45, 2.75) is 19.4 Å². The van der Waals surface area contributed by atoms with Crippen molar-refractivity contribution in [3.05, 3.63) is 30.0 Å². The smallest absolute Gasteiger partial charge is 0.268 e. The largest absolute Gasteiger partial charge is 0.397 e. The van der Waals surface area contributed by atoms with Crippen molar-refractivity contribution >= 4 is 22.5 Å². The molecule has 0 aliphatic carbocycles. The number of aliphatic hydroxyl groups excluding tert-OH is 1. The van der Waals surface area contributed by atoms with E-state index in [4.69, 9.17) is 10.8 Å². The average molecular weight is 247 g/mol. The van der Waals surface area contributed by atoms with E-state index in [1.54, 1.807) is 12.1 Å². The van der Waals surface area contributed by atoms with Crippen LogP contribution in [-0.4, -0.2) is 28.6 Å². The molecule has 1 aromatic carbocycles. The number of carbonyl (C=O) groups excluding carboxylic acids is 1. The summed E-state index contributed by atoms with van der Waals surface area (Å²) in [6, 6.07) is 7.05. The van der Waals surface area contributed by atoms with E-state index in [1.807, 2.05) is 19.1 Å². The van der Waals surface area contributed by atoms with Gasteiger partial charge in [-0.1, -0.05) is 19.1 Å². The quantitative estimate of drug-likeness (QED) is 0.613. The van der Waals surface area contributed by atoms with Crippen LogP contribution in [0.2, 0.25) is 0 Å². The van der Waals surface area contributed by atoms with E-state index >= 15 is 0 Å². The topological polar surface area (TPSA) is 91.1 Å². The number of fused-ring (bicyclic) bond motifs is 1. The highest BCUT2D eigenvalue weighted by molar-refractivity contribution is 6.00. The number of anilines is 1. The average Bonchev–Trinajstić information content (AvgIpc) is 2.81. The third kappa shape index (κ3) is 2.31. The van der Waals surface area contributed by atoms with Crippen molar-refractivity contribution in [1.29, 1.82) is 0 Å². The highest BCUT2D eigenvalue weighted by Gasteiger charge is 2.14. The van der Waals surface area contributed by atoms with Crippen LogP contribution in [-0.2, 0) is 0 Å². The van der Waals surface area contributed by atoms with Gasteiger partial charge in [-0.25, -0.2) is 0 Å². The summed E-state index contributed by atoms with van der Waals surface area (Å²) in [7, 11) is 0. The number of benzene rings is 1. The third-order valence-electron chi connectivity index (χ3n) is 2.98. The molecule has 1 aromatic heterocycles. The molecular formula is C13H17N3O2. The van der Waals surface area contributed by atoms with Gasteiger partial charge in [0.05, 0.1) is 23.9 Å². The molecule has 0 saturated carbocycles. The predicted octanol–water partition coefficient (Wildman–Crippen LogP) is 1.25. The van der Waals surface area contributed by atoms with E-state index in [1.165, 1.54) is 0 Å². The zero-order valence-corrected chi connectivity index (χ0v) is 10.2. The number of aliphatic hydroxyl groups is 1. The van der Waals surface area contributed by atoms with Gasteiger partial charge >= 0.3 is 0 Å². The Morgan fingerprint density at radius 3 is 2.94 bits per heavy atom. The lowest BCUT2D eigenvalue weighted by atomic mass is 10.2. The Bertz CT molecular complexity index is 558. The molecule has 18 heavy (non-hydrogen) atoms. The molecular weight excluding hydrogens is 230 g/mol. The van der Waals surface area contributed by atoms with E-state index < -0.39 is 0 Å². The normalized spacial score (nSPS) is 12.6. The number of hydrogen-bond acceptors (Lipinski definition) is 3. The van der Waals surface area contributed by atoms with Crippen LogP contribution in [0.1, 0.15) is 23.8 Å². The number of H-pyrrole nitrogens is 1. The number of hydrogen-bond donors (Lipinski definition) is 4. The molecule has 0 fully saturated rings. The van der Waals surface area contributed by atoms with Crippen molar-refractivity contribution in [1.82, 2.24) is 10.3 Å². The van der Waals surface area contributed by atoms with Crippen LogP contribution in [0.5, 0.6) is 0 Å². The summed E-state index contributed by atoms with van der Waals surface area (Å²) in [5.74, 6) is -0.230. The van der Waals surface area contributed by atoms with Gasteiger partial charge in [0.1, 0.15) is 5.69 Å². The van der Waals surface area contributed by atoms with Gasteiger partial charge in [0.2, 0.25) is 0 Å². The van der Waals surface area contributed by atoms with Gasteiger partial charge in [-0.15, -0.1) is 0 Å². The van der Waals surface area contributed by atoms with E-state index in [0.717, 1.165) is 10.9 Å². The molecule has 1 heterocycles. The number of aromatic nitrogens is 1. The lowest BCUT2D eigenvalue weighted by molar-refractivity contribution is 0.0911. The number of nitrogens with one attached hydrogen (secondary N) is 2. The second-order valence-corrected chi connectivity index (χ2v) is 4.26. The predicted molar refractivity (Wildman–Crippen MR) is 71.3 cm³/mol. The van der Waals surface area contributed by atoms with Gasteiger partial charge < -0.3 is 21.1 Å². The first-order valence-electron chi connectivity index (χ1n) is 5.94. The van der Waals surface area contributed by atoms with Crippen molar-refractivity contribution in [3.63, 3.8) is 0 Å². The van der Waals surface area contributed by atoms with E-state index in [0.29, 0.717) is 17.8 Å². The first-order chi connectivity index (χ1) is 8.65. The Balaban J connectivity index is 2.26. The molecule has 0 bridgehead atoms. The molecule has 2 rings (SSSR count). The fourth-order valence-corrected chi connectivity index (χ4v) is 1.84. The number of nitrogen functional groups attached to an aromatic ring is 1. The van der Waals surface area contributed by atoms with Crippen LogP contribution in [0, 0.1) is 0 Å². The minimum absolute atomic E-state index is 0.0649. The molecule has 96 valence electrons. The van der Waals surface area contributed by atoms with Crippen LogP contribution < -0.4 is 11.1 Å². The summed E-state index contributed by atoms with van der Waals surface area (Å²) in [5, 5.41) is 12.7. The van der Waals surface area contributed by atoms with Gasteiger partial charge in [0, 0.05) is 5.39 Å². The maximum atomic E-state index is 12.0. The van der Waals surface area contributed by atoms with Crippen LogP contribution in [0.4, 0.5) is 5.69 Å². The number of para-hydroxylation sites is 1. The summed E-state index contributed by atoms with van der Waals surface area (Å²) in [6.45, 7) is 1.84. The standard InChI is InChI=1S/C13H17N3O2/c1-2-9(7-17)15-13(18)11-6-8-4-3-5-10(14)12(8)16-11/h3-6,9,16-17H,2,7,14H2,1H3,(H,15,18). The van der Waals surface area contributed by atoms with Crippen LogP contribution in [0.3, 0.4) is 0 Å². The molecule has 1 unspecified atom stereocenters. The van der Waals surface area contributed by atoms with E-state index in [2.05, 4.69) is 10.3 Å². The Hall–Kier alpha value is -2.01. The highest BCUT2D eigenvalue weighted by atomic mass is 16.3. The van der Waals surface area contributed by atoms with Crippen LogP contribution in [0.15, 0.2) is 24.3 Å². The first kappa shape index (κ1) is 12.4. The summed E-state index contributed by atoms with van der Waals surface area (Å²) in [4.78, 5) is 15.0. The number of aromatic amines is 1. The monoisotopic (exact) mass is 247 g/mol. The molecule has 5 heteroatoms. The molecule has 5 nitrogen and oxygen atoms in total. The van der Waals surface area contributed by atoms with Gasteiger partial charge in [0.25, 0.3) is 5.91 Å². The molecule has 2 aromatic rings. The summed E-state index contributed by atoms with van der Waals surface area (Å²) < 4.78 is 0. The zero-order chi connectivity index (χ0) is 13.1. The molecule has 0 spiro atoms. The minimum atomic E-state index is -0.230. The molecule has 0 radical (unpaired) electrons. The third-order valence-corrected chi connectivity index (χ3v) is 2.98. The van der Waals surface area contributed by atoms with E-state index in [-0.39, 0.29) is 18.6 Å². The van der Waals surface area contributed by atoms with Crippen LogP contribution >= 0.6 is 0 Å². The number of amides is 1. The zero-order valence-electron chi connectivity index (χ0n) is 10.2. The molecule has 1 amide bonds. The van der Waals surface area contributed by atoms with Gasteiger partial charge in [0.15, 0.2) is 0 Å². The van der Waals surface area contributed by atoms with Gasteiger partial charge in [-0.3, -0.25) is 4.79 Å². The first-order valence-corrected chi connectivity index (χ1v) is 5.94. The summed E-state index contributed by atoms with van der Waals surface area (Å²) in [5.41, 5.74) is 7.65. The molecule has 1 atom stereocenters. The molecule has 0 aliphatic heterocycles. The molecule has 0 saturated heterocycles. The molecule has 0 aliphatic rings. The Labute approximate surface area is 105 Å². The van der Waals surface area contributed by atoms with Gasteiger partial charge in [-0.2, -0.15) is 0 Å². The lowest BCUT2D eigenvalue weighted by Gasteiger charge is -2.12. The van der Waals surface area contributed by atoms with Crippen molar-refractivity contribution in [3.8, 4) is 0 Å². The summed E-state index contributed by atoms with van der Waals surface area (Å²) >= 11 is 0. The number of nitrogens with two attached hydrogens (primary N) is 1. The van der Waals surface area contributed by atoms with Crippen molar-refractivity contribution in [2.24, 2.45) is 0 Å². The number of rotatable bonds is 4.